The fourth-order valence-corrected chi connectivity index (χ4v) is 6.52. The third-order valence-corrected chi connectivity index (χ3v) is 8.96. The fraction of sp³-hybridized carbons (Fsp3) is 0.344. The molecule has 1 amide bonds. The van der Waals surface area contributed by atoms with Crippen molar-refractivity contribution in [3.63, 3.8) is 0 Å². The van der Waals surface area contributed by atoms with Gasteiger partial charge in [0.15, 0.2) is 5.83 Å². The summed E-state index contributed by atoms with van der Waals surface area (Å²) in [4.78, 5) is 27.3. The van der Waals surface area contributed by atoms with Crippen molar-refractivity contribution >= 4 is 50.9 Å². The van der Waals surface area contributed by atoms with Crippen LogP contribution in [0, 0.1) is 34.4 Å². The Balaban J connectivity index is 1.49. The maximum Gasteiger partial charge on any atom is 0.319 e. The number of aromatic nitrogens is 2. The molecule has 0 aliphatic carbocycles. The number of nitrogens with two attached hydrogens (primary N) is 1. The molecule has 11 nitrogen and oxygen atoms in total. The number of furan rings is 1. The average molecular weight is 647 g/mol. The first-order valence-corrected chi connectivity index (χ1v) is 14.9. The highest BCUT2D eigenvalue weighted by Crippen LogP contribution is 2.43. The van der Waals surface area contributed by atoms with Gasteiger partial charge in [-0.3, -0.25) is 9.69 Å². The number of nitriles is 2. The number of hydrogen-bond donors (Lipinski definition) is 1. The highest BCUT2D eigenvalue weighted by Gasteiger charge is 2.35. The molecule has 236 valence electrons. The van der Waals surface area contributed by atoms with Gasteiger partial charge in [-0.2, -0.15) is 20.5 Å². The number of nitrogens with zero attached hydrogens (tertiary/aromatic N) is 7. The van der Waals surface area contributed by atoms with Gasteiger partial charge in [0.2, 0.25) is 0 Å². The molecule has 0 unspecified atom stereocenters. The Morgan fingerprint density at radius 2 is 2.02 bits per heavy atom. The Morgan fingerprint density at radius 1 is 1.22 bits per heavy atom. The van der Waals surface area contributed by atoms with E-state index in [2.05, 4.69) is 23.6 Å². The number of carbonyl (C=O) groups excluding carboxylic acids is 1. The zero-order valence-electron chi connectivity index (χ0n) is 24.8. The number of ether oxygens (including phenoxy) is 1. The molecule has 2 fully saturated rings. The lowest BCUT2D eigenvalue weighted by molar-refractivity contribution is -0.131. The van der Waals surface area contributed by atoms with E-state index in [-0.39, 0.29) is 61.3 Å². The quantitative estimate of drug-likeness (QED) is 0.213. The molecule has 0 saturated carbocycles. The predicted octanol–water partition coefficient (Wildman–Crippen LogP) is 5.05. The van der Waals surface area contributed by atoms with Crippen molar-refractivity contribution in [3.8, 4) is 29.3 Å². The van der Waals surface area contributed by atoms with Gasteiger partial charge < -0.3 is 24.7 Å². The molecule has 2 saturated heterocycles. The molecule has 0 bridgehead atoms. The molecule has 0 spiro atoms. The number of hydrogen-bond acceptors (Lipinski definition) is 10. The summed E-state index contributed by atoms with van der Waals surface area (Å²) < 4.78 is 40.7. The molecular weight excluding hydrogens is 618 g/mol. The summed E-state index contributed by atoms with van der Waals surface area (Å²) in [5.74, 6) is -2.33. The van der Waals surface area contributed by atoms with E-state index >= 15 is 0 Å². The number of carbonyl (C=O) groups is 1. The van der Waals surface area contributed by atoms with E-state index in [1.807, 2.05) is 11.9 Å². The molecule has 14 heteroatoms. The number of likely N-dealkylation sites (tertiary alicyclic amines) is 1. The van der Waals surface area contributed by atoms with E-state index in [1.165, 1.54) is 11.2 Å². The number of halogens is 3. The molecule has 0 radical (unpaired) electrons. The minimum absolute atomic E-state index is 0.0343. The summed E-state index contributed by atoms with van der Waals surface area (Å²) in [6.07, 6.45) is 2.08. The summed E-state index contributed by atoms with van der Waals surface area (Å²) in [6, 6.07) is 9.92. The number of anilines is 2. The first-order chi connectivity index (χ1) is 22.1. The zero-order valence-corrected chi connectivity index (χ0v) is 25.6. The van der Waals surface area contributed by atoms with E-state index < -0.39 is 23.6 Å². The molecule has 46 heavy (non-hydrogen) atoms. The van der Waals surface area contributed by atoms with E-state index in [4.69, 9.17) is 36.5 Å². The summed E-state index contributed by atoms with van der Waals surface area (Å²) in [5.41, 5.74) is 7.83. The van der Waals surface area contributed by atoms with Gasteiger partial charge >= 0.3 is 6.01 Å². The first kappa shape index (κ1) is 31.0. The molecule has 2 aromatic heterocycles. The number of nitrogen functional groups attached to an aromatic ring is 1. The molecular formula is C32H29ClF2N8O3. The van der Waals surface area contributed by atoms with Crippen LogP contribution in [-0.4, -0.2) is 77.6 Å². The fourth-order valence-electron chi connectivity index (χ4n) is 6.31. The van der Waals surface area contributed by atoms with E-state index in [1.54, 1.807) is 18.2 Å². The maximum absolute atomic E-state index is 14.7. The van der Waals surface area contributed by atoms with Gasteiger partial charge in [0, 0.05) is 48.9 Å². The number of benzene rings is 2. The van der Waals surface area contributed by atoms with Gasteiger partial charge in [-0.1, -0.05) is 18.2 Å². The average Bonchev–Trinajstić information content (AvgIpc) is 3.67. The van der Waals surface area contributed by atoms with E-state index in [0.29, 0.717) is 51.8 Å². The van der Waals surface area contributed by atoms with Crippen molar-refractivity contribution < 1.29 is 22.7 Å². The summed E-state index contributed by atoms with van der Waals surface area (Å²) >= 11 is 6.42. The summed E-state index contributed by atoms with van der Waals surface area (Å²) in [7, 11) is 1.93. The monoisotopic (exact) mass is 646 g/mol. The second kappa shape index (κ2) is 12.4. The molecule has 2 N–H and O–H groups in total. The minimum Gasteiger partial charge on any atom is -0.463 e. The lowest BCUT2D eigenvalue weighted by Crippen LogP contribution is -2.55. The van der Waals surface area contributed by atoms with Crippen molar-refractivity contribution in [2.75, 3.05) is 50.5 Å². The Kier molecular flexibility index (Phi) is 8.38. The zero-order chi connectivity index (χ0) is 32.7. The van der Waals surface area contributed by atoms with Crippen molar-refractivity contribution in [1.82, 2.24) is 19.8 Å². The van der Waals surface area contributed by atoms with Crippen molar-refractivity contribution in [2.45, 2.75) is 24.9 Å². The molecule has 3 atom stereocenters. The summed E-state index contributed by atoms with van der Waals surface area (Å²) in [5, 5.41) is 19.9. The van der Waals surface area contributed by atoms with Crippen LogP contribution < -0.4 is 15.4 Å². The van der Waals surface area contributed by atoms with Crippen LogP contribution in [0.2, 0.25) is 5.02 Å². The van der Waals surface area contributed by atoms with Crippen LogP contribution in [0.25, 0.3) is 33.0 Å². The smallest absolute Gasteiger partial charge is 0.319 e. The van der Waals surface area contributed by atoms with E-state index in [0.717, 1.165) is 6.07 Å². The number of fused-ring (bicyclic) bond motifs is 3. The van der Waals surface area contributed by atoms with Crippen LogP contribution in [0.1, 0.15) is 12.8 Å². The van der Waals surface area contributed by atoms with E-state index in [9.17, 15) is 24.1 Å². The van der Waals surface area contributed by atoms with Gasteiger partial charge in [-0.05, 0) is 43.3 Å². The van der Waals surface area contributed by atoms with Crippen LogP contribution in [0.15, 0.2) is 47.4 Å². The number of rotatable bonds is 7. The van der Waals surface area contributed by atoms with Crippen LogP contribution in [-0.2, 0) is 4.79 Å². The Hall–Kier alpha value is -4.98. The topological polar surface area (TPSA) is 149 Å². The van der Waals surface area contributed by atoms with Gasteiger partial charge in [-0.25, -0.2) is 8.78 Å². The Morgan fingerprint density at radius 3 is 2.74 bits per heavy atom. The normalized spacial score (nSPS) is 20.2. The van der Waals surface area contributed by atoms with Gasteiger partial charge in [0.25, 0.3) is 5.91 Å². The lowest BCUT2D eigenvalue weighted by Gasteiger charge is -2.41. The number of amides is 1. The van der Waals surface area contributed by atoms with Crippen LogP contribution in [0.5, 0.6) is 6.01 Å². The van der Waals surface area contributed by atoms with Gasteiger partial charge in [-0.15, -0.1) is 0 Å². The highest BCUT2D eigenvalue weighted by atomic mass is 35.5. The highest BCUT2D eigenvalue weighted by molar-refractivity contribution is 6.34. The lowest BCUT2D eigenvalue weighted by atomic mass is 9.98. The molecule has 6 rings (SSSR count). The molecule has 2 aliphatic heterocycles. The van der Waals surface area contributed by atoms with Crippen LogP contribution in [0.3, 0.4) is 0 Å². The second-order valence-corrected chi connectivity index (χ2v) is 11.9. The number of piperazine rings is 1. The summed E-state index contributed by atoms with van der Waals surface area (Å²) in [6.45, 7) is 4.49. The van der Waals surface area contributed by atoms with Crippen molar-refractivity contribution in [1.29, 1.82) is 10.5 Å². The molecule has 4 heterocycles. The third kappa shape index (κ3) is 5.64. The van der Waals surface area contributed by atoms with Crippen LogP contribution >= 0.6 is 11.6 Å². The Labute approximate surface area is 268 Å². The molecule has 2 aliphatic rings. The van der Waals surface area contributed by atoms with Gasteiger partial charge in [0.1, 0.15) is 23.8 Å². The number of likely N-dealkylation sites (N-methyl/N-ethyl adjacent to an activating group) is 1. The standard InChI is InChI=1S/C32H29ClF2N8O3/c1-17(34)31(44)43-7-6-42(15-20(43)3-5-36)30-27-26(39-32(40-30)46-16-21-9-18(13-37)14-41(21)2)12-23(22-4-8-45-29(22)27)24-10-19(38)11-25(35)28(24)33/h4,8,10-12,18,20-21H,1,3,6-7,9,14-16,38H2,2H3/t18-,20-,21-/m0/s1. The van der Waals surface area contributed by atoms with Crippen molar-refractivity contribution in [2.24, 2.45) is 5.92 Å². The van der Waals surface area contributed by atoms with Gasteiger partial charge in [0.05, 0.1) is 52.7 Å². The molecule has 2 aromatic carbocycles. The molecule has 4 aromatic rings. The maximum atomic E-state index is 14.7. The SMILES string of the molecule is C=C(F)C(=O)N1CCN(c2nc(OC[C@@H]3C[C@@H](C#N)CN3C)nc3cc(-c4cc(N)cc(F)c4Cl)c4ccoc4c23)C[C@@H]1CC#N. The third-order valence-electron chi connectivity index (χ3n) is 8.58. The Bertz CT molecular complexity index is 1950. The first-order valence-electron chi connectivity index (χ1n) is 14.6. The second-order valence-electron chi connectivity index (χ2n) is 11.5. The minimum atomic E-state index is -1.10. The predicted molar refractivity (Wildman–Crippen MR) is 168 cm³/mol. The van der Waals surface area contributed by atoms with Crippen molar-refractivity contribution in [3.05, 3.63) is 53.8 Å². The largest absolute Gasteiger partial charge is 0.463 e. The van der Waals surface area contributed by atoms with Crippen LogP contribution in [0.4, 0.5) is 20.3 Å².